The lowest BCUT2D eigenvalue weighted by Crippen LogP contribution is -2.52. The van der Waals surface area contributed by atoms with E-state index in [1.54, 1.807) is 19.1 Å². The first-order valence-corrected chi connectivity index (χ1v) is 13.8. The van der Waals surface area contributed by atoms with Crippen LogP contribution in [-0.4, -0.2) is 49.5 Å². The van der Waals surface area contributed by atoms with Crippen molar-refractivity contribution in [2.45, 2.75) is 72.5 Å². The summed E-state index contributed by atoms with van der Waals surface area (Å²) in [7, 11) is -3.57. The molecule has 0 bridgehead atoms. The second-order valence-corrected chi connectivity index (χ2v) is 12.2. The third-order valence-electron chi connectivity index (χ3n) is 5.72. The Hall–Kier alpha value is -2.94. The molecule has 0 saturated heterocycles. The fourth-order valence-corrected chi connectivity index (χ4v) is 4.83. The molecule has 0 radical (unpaired) electrons. The summed E-state index contributed by atoms with van der Waals surface area (Å²) in [4.78, 5) is 27.6. The summed E-state index contributed by atoms with van der Waals surface area (Å²) in [6, 6.07) is 10.6. The number of anilines is 1. The normalized spacial score (nSPS) is 12.7. The van der Waals surface area contributed by atoms with Crippen LogP contribution in [-0.2, 0) is 26.2 Å². The van der Waals surface area contributed by atoms with Crippen molar-refractivity contribution in [1.82, 2.24) is 10.2 Å². The van der Waals surface area contributed by atoms with Crippen molar-refractivity contribution in [1.29, 1.82) is 0 Å². The van der Waals surface area contributed by atoms with Crippen LogP contribution in [0.25, 0.3) is 0 Å². The third-order valence-corrected chi connectivity index (χ3v) is 6.90. The fraction of sp³-hybridized carbons (Fsp3) is 0.481. The molecule has 7 nitrogen and oxygen atoms in total. The molecular formula is C27H38FN3O4S. The van der Waals surface area contributed by atoms with Gasteiger partial charge in [-0.2, -0.15) is 0 Å². The molecule has 0 unspecified atom stereocenters. The van der Waals surface area contributed by atoms with Gasteiger partial charge in [0, 0.05) is 25.0 Å². The number of benzene rings is 2. The summed E-state index contributed by atoms with van der Waals surface area (Å²) < 4.78 is 39.8. The van der Waals surface area contributed by atoms with Crippen molar-refractivity contribution in [3.63, 3.8) is 0 Å². The van der Waals surface area contributed by atoms with Crippen LogP contribution in [0.15, 0.2) is 42.5 Å². The van der Waals surface area contributed by atoms with Crippen LogP contribution in [0.1, 0.15) is 57.2 Å². The van der Waals surface area contributed by atoms with Gasteiger partial charge in [0.15, 0.2) is 0 Å². The number of amides is 2. The minimum atomic E-state index is -3.57. The number of hydrogen-bond donors (Lipinski definition) is 1. The molecular weight excluding hydrogens is 481 g/mol. The molecule has 0 heterocycles. The molecule has 36 heavy (non-hydrogen) atoms. The molecule has 1 atom stereocenters. The van der Waals surface area contributed by atoms with E-state index in [0.29, 0.717) is 11.3 Å². The maximum absolute atomic E-state index is 13.4. The minimum Gasteiger partial charge on any atom is -0.350 e. The second-order valence-electron chi connectivity index (χ2n) is 10.3. The Morgan fingerprint density at radius 3 is 2.22 bits per heavy atom. The van der Waals surface area contributed by atoms with Gasteiger partial charge < -0.3 is 10.2 Å². The molecule has 1 N–H and O–H groups in total. The van der Waals surface area contributed by atoms with E-state index in [2.05, 4.69) is 5.32 Å². The molecule has 2 amide bonds. The van der Waals surface area contributed by atoms with Gasteiger partial charge in [0.2, 0.25) is 21.8 Å². The molecule has 0 spiro atoms. The summed E-state index contributed by atoms with van der Waals surface area (Å²) >= 11 is 0. The van der Waals surface area contributed by atoms with Crippen molar-refractivity contribution in [2.75, 3.05) is 17.1 Å². The summed E-state index contributed by atoms with van der Waals surface area (Å²) in [6.45, 7) is 11.2. The number of halogens is 1. The van der Waals surface area contributed by atoms with Gasteiger partial charge in [-0.05, 0) is 82.9 Å². The molecule has 0 aliphatic carbocycles. The van der Waals surface area contributed by atoms with Gasteiger partial charge in [-0.25, -0.2) is 12.8 Å². The van der Waals surface area contributed by atoms with E-state index in [0.717, 1.165) is 17.4 Å². The summed E-state index contributed by atoms with van der Waals surface area (Å²) in [6.07, 6.45) is 1.47. The molecule has 0 aliphatic rings. The first-order valence-electron chi connectivity index (χ1n) is 12.0. The Morgan fingerprint density at radius 1 is 1.06 bits per heavy atom. The Morgan fingerprint density at radius 2 is 1.67 bits per heavy atom. The number of rotatable bonds is 10. The number of nitrogens with zero attached hydrogens (tertiary/aromatic N) is 2. The minimum absolute atomic E-state index is 0.0468. The zero-order chi connectivity index (χ0) is 27.3. The van der Waals surface area contributed by atoms with Gasteiger partial charge in [0.25, 0.3) is 0 Å². The quantitative estimate of drug-likeness (QED) is 0.507. The smallest absolute Gasteiger partial charge is 0.242 e. The Balaban J connectivity index is 2.22. The van der Waals surface area contributed by atoms with Gasteiger partial charge in [0.1, 0.15) is 11.9 Å². The van der Waals surface area contributed by atoms with Crippen LogP contribution >= 0.6 is 0 Å². The first kappa shape index (κ1) is 29.3. The number of carbonyl (C=O) groups excluding carboxylic acids is 2. The van der Waals surface area contributed by atoms with Crippen LogP contribution in [0.3, 0.4) is 0 Å². The fourth-order valence-electron chi connectivity index (χ4n) is 3.81. The lowest BCUT2D eigenvalue weighted by molar-refractivity contribution is -0.141. The highest BCUT2D eigenvalue weighted by molar-refractivity contribution is 7.92. The average molecular weight is 520 g/mol. The van der Waals surface area contributed by atoms with Crippen LogP contribution in [0.2, 0.25) is 0 Å². The maximum atomic E-state index is 13.4. The lowest BCUT2D eigenvalue weighted by atomic mass is 10.1. The summed E-state index contributed by atoms with van der Waals surface area (Å²) in [5, 5.41) is 2.90. The number of carbonyl (C=O) groups is 2. The first-order chi connectivity index (χ1) is 16.6. The van der Waals surface area contributed by atoms with Crippen molar-refractivity contribution in [2.24, 2.45) is 0 Å². The Labute approximate surface area is 214 Å². The van der Waals surface area contributed by atoms with Crippen molar-refractivity contribution < 1.29 is 22.4 Å². The molecule has 198 valence electrons. The standard InChI is InChI=1S/C27H38FN3O4S/c1-19-10-11-20(2)24(17-19)31(36(7,34)35)16-8-9-25(32)30(18-22-12-14-23(28)15-13-22)21(3)26(33)29-27(4,5)6/h10-15,17,21H,8-9,16,18H2,1-7H3,(H,29,33)/t21-/m1/s1. The average Bonchev–Trinajstić information content (AvgIpc) is 2.75. The highest BCUT2D eigenvalue weighted by atomic mass is 32.2. The van der Waals surface area contributed by atoms with Crippen molar-refractivity contribution >= 4 is 27.5 Å². The molecule has 2 aromatic carbocycles. The van der Waals surface area contributed by atoms with Crippen LogP contribution in [0.5, 0.6) is 0 Å². The van der Waals surface area contributed by atoms with Crippen molar-refractivity contribution in [3.05, 3.63) is 65.0 Å². The van der Waals surface area contributed by atoms with E-state index in [1.807, 2.05) is 52.8 Å². The van der Waals surface area contributed by atoms with Gasteiger partial charge in [-0.15, -0.1) is 0 Å². The highest BCUT2D eigenvalue weighted by Crippen LogP contribution is 2.24. The zero-order valence-corrected chi connectivity index (χ0v) is 23.1. The van der Waals surface area contributed by atoms with Crippen LogP contribution in [0.4, 0.5) is 10.1 Å². The SMILES string of the molecule is Cc1ccc(C)c(N(CCCC(=O)N(Cc2ccc(F)cc2)[C@H](C)C(=O)NC(C)(C)C)S(C)(=O)=O)c1. The molecule has 0 aromatic heterocycles. The lowest BCUT2D eigenvalue weighted by Gasteiger charge is -2.32. The monoisotopic (exact) mass is 519 g/mol. The van der Waals surface area contributed by atoms with Crippen LogP contribution in [0, 0.1) is 19.7 Å². The molecule has 9 heteroatoms. The molecule has 0 saturated carbocycles. The molecule has 2 rings (SSSR count). The Kier molecular flexibility index (Phi) is 9.65. The zero-order valence-electron chi connectivity index (χ0n) is 22.3. The van der Waals surface area contributed by atoms with E-state index in [4.69, 9.17) is 0 Å². The third kappa shape index (κ3) is 8.62. The van der Waals surface area contributed by atoms with Gasteiger partial charge in [0.05, 0.1) is 11.9 Å². The van der Waals surface area contributed by atoms with Gasteiger partial charge >= 0.3 is 0 Å². The highest BCUT2D eigenvalue weighted by Gasteiger charge is 2.28. The number of hydrogen-bond acceptors (Lipinski definition) is 4. The van der Waals surface area contributed by atoms with E-state index >= 15 is 0 Å². The second kappa shape index (κ2) is 11.9. The topological polar surface area (TPSA) is 86.8 Å². The van der Waals surface area contributed by atoms with E-state index in [-0.39, 0.29) is 43.6 Å². The predicted molar refractivity (Wildman–Crippen MR) is 142 cm³/mol. The van der Waals surface area contributed by atoms with E-state index in [1.165, 1.54) is 21.3 Å². The maximum Gasteiger partial charge on any atom is 0.242 e. The molecule has 2 aromatic rings. The Bertz CT molecular complexity index is 1170. The summed E-state index contributed by atoms with van der Waals surface area (Å²) in [5.74, 6) is -0.973. The molecule has 0 aliphatic heterocycles. The molecule has 0 fully saturated rings. The number of sulfonamides is 1. The van der Waals surface area contributed by atoms with Crippen LogP contribution < -0.4 is 9.62 Å². The van der Waals surface area contributed by atoms with Gasteiger partial charge in [-0.3, -0.25) is 13.9 Å². The van der Waals surface area contributed by atoms with Gasteiger partial charge in [-0.1, -0.05) is 24.3 Å². The van der Waals surface area contributed by atoms with E-state index < -0.39 is 21.6 Å². The number of nitrogens with one attached hydrogen (secondary N) is 1. The largest absolute Gasteiger partial charge is 0.350 e. The van der Waals surface area contributed by atoms with Crippen molar-refractivity contribution in [3.8, 4) is 0 Å². The number of aryl methyl sites for hydroxylation is 2. The summed E-state index contributed by atoms with van der Waals surface area (Å²) in [5.41, 5.74) is 2.56. The predicted octanol–water partition coefficient (Wildman–Crippen LogP) is 4.32. The van der Waals surface area contributed by atoms with E-state index in [9.17, 15) is 22.4 Å².